The fraction of sp³-hybridized carbons (Fsp3) is 0.800. The molecule has 0 aliphatic rings. The molecule has 0 aromatic rings. The highest BCUT2D eigenvalue weighted by molar-refractivity contribution is 4.25. The van der Waals surface area contributed by atoms with Crippen molar-refractivity contribution >= 4 is 0 Å². The molecule has 0 radical (unpaired) electrons. The Morgan fingerprint density at radius 1 is 1.71 bits per heavy atom. The molecule has 0 aliphatic carbocycles. The van der Waals surface area contributed by atoms with Gasteiger partial charge in [0.25, 0.3) is 0 Å². The first-order chi connectivity index (χ1) is 3.41. The summed E-state index contributed by atoms with van der Waals surface area (Å²) in [5.41, 5.74) is 0. The fourth-order valence-corrected chi connectivity index (χ4v) is 0.372. The Kier molecular flexibility index (Phi) is 5.85. The molecule has 0 heterocycles. The highest BCUT2D eigenvalue weighted by Crippen LogP contribution is 1.70. The molecule has 0 atom stereocenters. The average molecular weight is 103 g/mol. The van der Waals surface area contributed by atoms with Crippen molar-refractivity contribution in [1.82, 2.24) is 0 Å². The normalized spacial score (nSPS) is 9.43. The van der Waals surface area contributed by atoms with Crippen LogP contribution in [0.2, 0.25) is 0 Å². The molecule has 7 heavy (non-hydrogen) atoms. The number of ether oxygens (including phenoxy) is 1. The minimum Gasteiger partial charge on any atom is -0.479 e. The number of hydrogen-bond acceptors (Lipinski definition) is 1. The first-order valence-electron chi connectivity index (χ1n) is 2.51. The third-order valence-electron chi connectivity index (χ3n) is 0.757. The average Bonchev–Trinajstić information content (AvgIpc) is 1.69. The summed E-state index contributed by atoms with van der Waals surface area (Å²) in [4.78, 5) is 0. The molecular formula is C5H13NO. The third kappa shape index (κ3) is 5.92. The number of quaternary nitrogens is 1. The number of nitrogens with two attached hydrogens (primary N) is 1. The highest BCUT2D eigenvalue weighted by Gasteiger charge is 1.79. The van der Waals surface area contributed by atoms with Gasteiger partial charge in [-0.2, -0.15) is 7.05 Å². The first-order valence-corrected chi connectivity index (χ1v) is 2.51. The molecule has 0 aliphatic heterocycles. The summed E-state index contributed by atoms with van der Waals surface area (Å²) >= 11 is 0. The van der Waals surface area contributed by atoms with Crippen LogP contribution in [0.25, 0.3) is 0 Å². The van der Waals surface area contributed by atoms with Gasteiger partial charge in [0, 0.05) is 13.5 Å². The van der Waals surface area contributed by atoms with Gasteiger partial charge in [0.05, 0.1) is 13.2 Å². The monoisotopic (exact) mass is 103 g/mol. The van der Waals surface area contributed by atoms with Crippen molar-refractivity contribution in [1.29, 1.82) is 0 Å². The SMILES string of the molecule is [CH2-][NH2+]CCCOC. The fourth-order valence-electron chi connectivity index (χ4n) is 0.372. The van der Waals surface area contributed by atoms with E-state index >= 15 is 0 Å². The molecule has 0 amide bonds. The summed E-state index contributed by atoms with van der Waals surface area (Å²) < 4.78 is 4.80. The van der Waals surface area contributed by atoms with Gasteiger partial charge in [-0.05, 0) is 0 Å². The lowest BCUT2D eigenvalue weighted by Gasteiger charge is -1.96. The predicted molar refractivity (Wildman–Crippen MR) is 28.6 cm³/mol. The van der Waals surface area contributed by atoms with Gasteiger partial charge in [0.2, 0.25) is 0 Å². The first kappa shape index (κ1) is 6.92. The lowest BCUT2D eigenvalue weighted by molar-refractivity contribution is -0.596. The second-order valence-corrected chi connectivity index (χ2v) is 1.42. The van der Waals surface area contributed by atoms with E-state index in [1.165, 1.54) is 0 Å². The van der Waals surface area contributed by atoms with Crippen molar-refractivity contribution in [2.75, 3.05) is 20.3 Å². The lowest BCUT2D eigenvalue weighted by atomic mass is 10.5. The molecule has 0 saturated heterocycles. The summed E-state index contributed by atoms with van der Waals surface area (Å²) in [6, 6.07) is 0. The van der Waals surface area contributed by atoms with Crippen LogP contribution in [0.15, 0.2) is 0 Å². The molecule has 0 rings (SSSR count). The van der Waals surface area contributed by atoms with Crippen molar-refractivity contribution in [3.8, 4) is 0 Å². The summed E-state index contributed by atoms with van der Waals surface area (Å²) in [5, 5.41) is 1.90. The number of hydrogen-bond donors (Lipinski definition) is 1. The number of methoxy groups -OCH3 is 1. The van der Waals surface area contributed by atoms with Gasteiger partial charge in [-0.1, -0.05) is 0 Å². The molecule has 0 unspecified atom stereocenters. The maximum atomic E-state index is 4.80. The summed E-state index contributed by atoms with van der Waals surface area (Å²) in [6.07, 6.45) is 1.10. The van der Waals surface area contributed by atoms with Crippen LogP contribution in [0, 0.1) is 7.05 Å². The standard InChI is InChI=1S/C5H13NO/c1-6-4-3-5-7-2/h1,3-6H2,2H3. The van der Waals surface area contributed by atoms with Gasteiger partial charge in [-0.15, -0.1) is 0 Å². The van der Waals surface area contributed by atoms with Gasteiger partial charge in [0.1, 0.15) is 0 Å². The van der Waals surface area contributed by atoms with Crippen LogP contribution in [-0.4, -0.2) is 20.3 Å². The second kappa shape index (κ2) is 5.92. The lowest BCUT2D eigenvalue weighted by Crippen LogP contribution is -2.77. The molecule has 0 saturated carbocycles. The van der Waals surface area contributed by atoms with Crippen molar-refractivity contribution in [3.05, 3.63) is 7.05 Å². The second-order valence-electron chi connectivity index (χ2n) is 1.42. The van der Waals surface area contributed by atoms with Crippen LogP contribution in [0.4, 0.5) is 0 Å². The minimum absolute atomic E-state index is 0.853. The maximum Gasteiger partial charge on any atom is 0.0537 e. The molecule has 44 valence electrons. The largest absolute Gasteiger partial charge is 0.479 e. The summed E-state index contributed by atoms with van der Waals surface area (Å²) in [7, 11) is 5.29. The molecule has 0 spiro atoms. The van der Waals surface area contributed by atoms with E-state index in [9.17, 15) is 0 Å². The van der Waals surface area contributed by atoms with E-state index < -0.39 is 0 Å². The molecule has 0 aromatic heterocycles. The maximum absolute atomic E-state index is 4.80. The van der Waals surface area contributed by atoms with E-state index in [1.54, 1.807) is 7.11 Å². The van der Waals surface area contributed by atoms with Gasteiger partial charge in [0.15, 0.2) is 0 Å². The predicted octanol–water partition coefficient (Wildman–Crippen LogP) is -0.622. The van der Waals surface area contributed by atoms with Crippen LogP contribution in [-0.2, 0) is 4.74 Å². The molecule has 0 fully saturated rings. The molecule has 2 N–H and O–H groups in total. The Morgan fingerprint density at radius 2 is 2.43 bits per heavy atom. The topological polar surface area (TPSA) is 25.8 Å². The Labute approximate surface area is 44.9 Å². The molecule has 2 heteroatoms. The molecule has 0 bridgehead atoms. The zero-order valence-corrected chi connectivity index (χ0v) is 4.81. The Balaban J connectivity index is 2.45. The van der Waals surface area contributed by atoms with Crippen LogP contribution in [0.3, 0.4) is 0 Å². The van der Waals surface area contributed by atoms with Gasteiger partial charge in [-0.3, -0.25) is 0 Å². The molecule has 0 aromatic carbocycles. The highest BCUT2D eigenvalue weighted by atomic mass is 16.5. The van der Waals surface area contributed by atoms with Crippen molar-refractivity contribution in [3.63, 3.8) is 0 Å². The Hall–Kier alpha value is -0.0800. The summed E-state index contributed by atoms with van der Waals surface area (Å²) in [6.45, 7) is 1.92. The van der Waals surface area contributed by atoms with Crippen LogP contribution in [0.1, 0.15) is 6.42 Å². The smallest absolute Gasteiger partial charge is 0.0537 e. The zero-order chi connectivity index (χ0) is 5.54. The quantitative estimate of drug-likeness (QED) is 0.372. The molecular weight excluding hydrogens is 90.1 g/mol. The summed E-state index contributed by atoms with van der Waals surface area (Å²) in [5.74, 6) is 0. The van der Waals surface area contributed by atoms with Crippen molar-refractivity contribution < 1.29 is 10.1 Å². The Bertz CT molecular complexity index is 27.3. The van der Waals surface area contributed by atoms with Crippen LogP contribution < -0.4 is 5.32 Å². The molecule has 2 nitrogen and oxygen atoms in total. The van der Waals surface area contributed by atoms with Crippen molar-refractivity contribution in [2.45, 2.75) is 6.42 Å². The van der Waals surface area contributed by atoms with E-state index in [1.807, 2.05) is 5.32 Å². The Morgan fingerprint density at radius 3 is 2.86 bits per heavy atom. The third-order valence-corrected chi connectivity index (χ3v) is 0.757. The van der Waals surface area contributed by atoms with E-state index in [0.29, 0.717) is 0 Å². The minimum atomic E-state index is 0.853. The van der Waals surface area contributed by atoms with E-state index in [4.69, 9.17) is 4.74 Å². The van der Waals surface area contributed by atoms with E-state index in [0.717, 1.165) is 19.6 Å². The zero-order valence-electron chi connectivity index (χ0n) is 4.81. The van der Waals surface area contributed by atoms with Crippen LogP contribution in [0.5, 0.6) is 0 Å². The van der Waals surface area contributed by atoms with Gasteiger partial charge in [-0.25, -0.2) is 0 Å². The van der Waals surface area contributed by atoms with Gasteiger partial charge >= 0.3 is 0 Å². The van der Waals surface area contributed by atoms with Crippen LogP contribution >= 0.6 is 0 Å². The van der Waals surface area contributed by atoms with E-state index in [-0.39, 0.29) is 0 Å². The van der Waals surface area contributed by atoms with Gasteiger partial charge < -0.3 is 10.1 Å². The van der Waals surface area contributed by atoms with E-state index in [2.05, 4.69) is 7.05 Å². The van der Waals surface area contributed by atoms with Crippen molar-refractivity contribution in [2.24, 2.45) is 0 Å². The number of rotatable bonds is 4.